The lowest BCUT2D eigenvalue weighted by molar-refractivity contribution is -0.384. The molecule has 0 radical (unpaired) electrons. The Morgan fingerprint density at radius 1 is 1.24 bits per heavy atom. The molecule has 0 aromatic heterocycles. The maximum absolute atomic E-state index is 12.4. The fourth-order valence-corrected chi connectivity index (χ4v) is 2.64. The van der Waals surface area contributed by atoms with Crippen LogP contribution in [0.15, 0.2) is 42.5 Å². The SMILES string of the molecule is C[C@H](NC(=O)c1cccc([N+](=O)[O-])c1)C(=O)Nc1ccc2c(c1)NC(=O)[C@H](C)O2. The van der Waals surface area contributed by atoms with Crippen LogP contribution in [0.2, 0.25) is 0 Å². The Morgan fingerprint density at radius 3 is 2.72 bits per heavy atom. The number of hydrogen-bond donors (Lipinski definition) is 3. The van der Waals surface area contributed by atoms with E-state index in [-0.39, 0.29) is 17.2 Å². The number of benzene rings is 2. The summed E-state index contributed by atoms with van der Waals surface area (Å²) in [6, 6.07) is 9.07. The molecule has 0 fully saturated rings. The summed E-state index contributed by atoms with van der Waals surface area (Å²) in [7, 11) is 0. The third-order valence-corrected chi connectivity index (χ3v) is 4.24. The second-order valence-electron chi connectivity index (χ2n) is 6.45. The van der Waals surface area contributed by atoms with Gasteiger partial charge in [-0.25, -0.2) is 0 Å². The number of carbonyl (C=O) groups is 3. The van der Waals surface area contributed by atoms with Crippen molar-refractivity contribution in [3.8, 4) is 5.75 Å². The molecule has 3 amide bonds. The van der Waals surface area contributed by atoms with Crippen LogP contribution in [0.4, 0.5) is 17.1 Å². The molecule has 2 aromatic rings. The summed E-state index contributed by atoms with van der Waals surface area (Å²) >= 11 is 0. The number of nitrogens with zero attached hydrogens (tertiary/aromatic N) is 1. The number of rotatable bonds is 5. The smallest absolute Gasteiger partial charge is 0.270 e. The third-order valence-electron chi connectivity index (χ3n) is 4.24. The van der Waals surface area contributed by atoms with Gasteiger partial charge in [-0.3, -0.25) is 24.5 Å². The second-order valence-corrected chi connectivity index (χ2v) is 6.45. The predicted octanol–water partition coefficient (Wildman–Crippen LogP) is 2.07. The highest BCUT2D eigenvalue weighted by molar-refractivity contribution is 6.02. The summed E-state index contributed by atoms with van der Waals surface area (Å²) in [4.78, 5) is 46.6. The molecule has 0 spiro atoms. The van der Waals surface area contributed by atoms with Gasteiger partial charge < -0.3 is 20.7 Å². The summed E-state index contributed by atoms with van der Waals surface area (Å²) in [5.74, 6) is -0.919. The minimum Gasteiger partial charge on any atom is -0.479 e. The van der Waals surface area contributed by atoms with E-state index < -0.39 is 28.9 Å². The molecular formula is C19H18N4O6. The number of ether oxygens (including phenoxy) is 1. The third kappa shape index (κ3) is 4.49. The summed E-state index contributed by atoms with van der Waals surface area (Å²) in [5, 5.41) is 18.6. The van der Waals surface area contributed by atoms with Crippen molar-refractivity contribution >= 4 is 34.8 Å². The van der Waals surface area contributed by atoms with Gasteiger partial charge in [0.2, 0.25) is 5.91 Å². The first-order valence-electron chi connectivity index (χ1n) is 8.72. The zero-order valence-electron chi connectivity index (χ0n) is 15.6. The zero-order valence-corrected chi connectivity index (χ0v) is 15.6. The van der Waals surface area contributed by atoms with Gasteiger partial charge in [-0.1, -0.05) is 6.07 Å². The molecule has 1 heterocycles. The Balaban J connectivity index is 1.64. The Labute approximate surface area is 165 Å². The molecule has 0 aliphatic carbocycles. The fraction of sp³-hybridized carbons (Fsp3) is 0.211. The van der Waals surface area contributed by atoms with E-state index in [9.17, 15) is 24.5 Å². The first kappa shape index (κ1) is 19.8. The number of nitrogens with one attached hydrogen (secondary N) is 3. The molecule has 150 valence electrons. The minimum absolute atomic E-state index is 0.0709. The molecule has 10 nitrogen and oxygen atoms in total. The van der Waals surface area contributed by atoms with E-state index >= 15 is 0 Å². The van der Waals surface area contributed by atoms with Crippen LogP contribution in [0.5, 0.6) is 5.75 Å². The van der Waals surface area contributed by atoms with E-state index in [2.05, 4.69) is 16.0 Å². The first-order valence-corrected chi connectivity index (χ1v) is 8.72. The van der Waals surface area contributed by atoms with E-state index in [1.165, 1.54) is 25.1 Å². The molecule has 10 heteroatoms. The number of amides is 3. The Bertz CT molecular complexity index is 1010. The zero-order chi connectivity index (χ0) is 21.1. The van der Waals surface area contributed by atoms with Gasteiger partial charge in [0.25, 0.3) is 17.5 Å². The lowest BCUT2D eigenvalue weighted by Gasteiger charge is -2.24. The lowest BCUT2D eigenvalue weighted by Crippen LogP contribution is -2.41. The Morgan fingerprint density at radius 2 is 2.00 bits per heavy atom. The Hall–Kier alpha value is -3.95. The van der Waals surface area contributed by atoms with Crippen LogP contribution < -0.4 is 20.7 Å². The van der Waals surface area contributed by atoms with Gasteiger partial charge in [0.1, 0.15) is 11.8 Å². The molecule has 0 saturated carbocycles. The van der Waals surface area contributed by atoms with Gasteiger partial charge in [0.15, 0.2) is 6.10 Å². The fourth-order valence-electron chi connectivity index (χ4n) is 2.64. The largest absolute Gasteiger partial charge is 0.479 e. The van der Waals surface area contributed by atoms with Crippen LogP contribution in [0.3, 0.4) is 0 Å². The van der Waals surface area contributed by atoms with Crippen molar-refractivity contribution in [2.45, 2.75) is 26.0 Å². The van der Waals surface area contributed by atoms with Crippen molar-refractivity contribution in [2.24, 2.45) is 0 Å². The van der Waals surface area contributed by atoms with E-state index in [4.69, 9.17) is 4.74 Å². The number of non-ortho nitro benzene ring substituents is 1. The van der Waals surface area contributed by atoms with Crippen LogP contribution in [0.1, 0.15) is 24.2 Å². The van der Waals surface area contributed by atoms with Crippen LogP contribution in [-0.2, 0) is 9.59 Å². The molecule has 2 aromatic carbocycles. The number of hydrogen-bond acceptors (Lipinski definition) is 6. The van der Waals surface area contributed by atoms with Crippen molar-refractivity contribution in [2.75, 3.05) is 10.6 Å². The van der Waals surface area contributed by atoms with Crippen LogP contribution in [-0.4, -0.2) is 34.8 Å². The molecule has 3 N–H and O–H groups in total. The number of anilines is 2. The second kappa shape index (κ2) is 7.97. The molecule has 29 heavy (non-hydrogen) atoms. The van der Waals surface area contributed by atoms with Crippen molar-refractivity contribution in [1.29, 1.82) is 0 Å². The number of carbonyl (C=O) groups excluding carboxylic acids is 3. The van der Waals surface area contributed by atoms with E-state index in [1.807, 2.05) is 0 Å². The van der Waals surface area contributed by atoms with Gasteiger partial charge >= 0.3 is 0 Å². The molecule has 0 unspecified atom stereocenters. The topological polar surface area (TPSA) is 140 Å². The minimum atomic E-state index is -0.913. The molecule has 1 aliphatic rings. The van der Waals surface area contributed by atoms with Crippen LogP contribution in [0, 0.1) is 10.1 Å². The van der Waals surface area contributed by atoms with Gasteiger partial charge in [-0.05, 0) is 38.1 Å². The van der Waals surface area contributed by atoms with E-state index in [0.717, 1.165) is 6.07 Å². The molecule has 2 atom stereocenters. The van der Waals surface area contributed by atoms with E-state index in [1.54, 1.807) is 25.1 Å². The lowest BCUT2D eigenvalue weighted by atomic mass is 10.1. The number of nitro benzene ring substituents is 1. The van der Waals surface area contributed by atoms with Gasteiger partial charge in [-0.15, -0.1) is 0 Å². The summed E-state index contributed by atoms with van der Waals surface area (Å²) in [6.45, 7) is 3.11. The normalized spacial score (nSPS) is 15.9. The van der Waals surface area contributed by atoms with Crippen molar-refractivity contribution in [3.05, 3.63) is 58.1 Å². The molecule has 3 rings (SSSR count). The maximum atomic E-state index is 12.4. The highest BCUT2D eigenvalue weighted by Gasteiger charge is 2.24. The van der Waals surface area contributed by atoms with Gasteiger partial charge in [0, 0.05) is 23.4 Å². The quantitative estimate of drug-likeness (QED) is 0.520. The van der Waals surface area contributed by atoms with Crippen molar-refractivity contribution in [1.82, 2.24) is 5.32 Å². The van der Waals surface area contributed by atoms with Crippen LogP contribution >= 0.6 is 0 Å². The summed E-state index contributed by atoms with van der Waals surface area (Å²) < 4.78 is 5.45. The van der Waals surface area contributed by atoms with Crippen molar-refractivity contribution < 1.29 is 24.0 Å². The average Bonchev–Trinajstić information content (AvgIpc) is 2.69. The predicted molar refractivity (Wildman–Crippen MR) is 104 cm³/mol. The summed E-state index contributed by atoms with van der Waals surface area (Å²) in [6.07, 6.45) is -0.605. The van der Waals surface area contributed by atoms with Gasteiger partial charge in [-0.2, -0.15) is 0 Å². The molecular weight excluding hydrogens is 380 g/mol. The molecule has 0 saturated heterocycles. The standard InChI is InChI=1S/C19H18N4O6/c1-10(20-19(26)12-4-3-5-14(8-12)23(27)28)17(24)21-13-6-7-16-15(9-13)22-18(25)11(2)29-16/h3-11H,1-2H3,(H,20,26)(H,21,24)(H,22,25)/t10-,11-/m0/s1. The highest BCUT2D eigenvalue weighted by Crippen LogP contribution is 2.32. The maximum Gasteiger partial charge on any atom is 0.270 e. The van der Waals surface area contributed by atoms with E-state index in [0.29, 0.717) is 17.1 Å². The molecule has 0 bridgehead atoms. The van der Waals surface area contributed by atoms with Gasteiger partial charge in [0.05, 0.1) is 10.6 Å². The first-order chi connectivity index (χ1) is 13.7. The summed E-state index contributed by atoms with van der Waals surface area (Å²) in [5.41, 5.74) is 0.687. The van der Waals surface area contributed by atoms with Crippen LogP contribution in [0.25, 0.3) is 0 Å². The molecule has 1 aliphatic heterocycles. The number of nitro groups is 1. The monoisotopic (exact) mass is 398 g/mol. The average molecular weight is 398 g/mol. The van der Waals surface area contributed by atoms with Crippen molar-refractivity contribution in [3.63, 3.8) is 0 Å². The number of fused-ring (bicyclic) bond motifs is 1. The Kier molecular flexibility index (Phi) is 5.44. The highest BCUT2D eigenvalue weighted by atomic mass is 16.6.